The van der Waals surface area contributed by atoms with Crippen LogP contribution in [0.5, 0.6) is 0 Å². The summed E-state index contributed by atoms with van der Waals surface area (Å²) in [6.07, 6.45) is 3.52. The topological polar surface area (TPSA) is 20.3 Å². The number of hydrogen-bond donors (Lipinski definition) is 0. The molecule has 2 heterocycles. The van der Waals surface area contributed by atoms with E-state index in [0.29, 0.717) is 11.8 Å². The number of fused-ring (bicyclic) bond motifs is 2. The first-order valence-electron chi connectivity index (χ1n) is 4.08. The molecule has 2 aliphatic rings. The molecule has 2 nitrogen and oxygen atoms in total. The monoisotopic (exact) mass is 139 g/mol. The standard InChI is InChI=1S/C8H13NO/c10-6-8-2-4-9-3-1-7(8)5-9/h6-8H,1-5H2. The number of nitrogens with zero attached hydrogens (tertiary/aromatic N) is 1. The van der Waals surface area contributed by atoms with Gasteiger partial charge in [0.05, 0.1) is 0 Å². The lowest BCUT2D eigenvalue weighted by Crippen LogP contribution is -2.32. The molecule has 10 heavy (non-hydrogen) atoms. The molecule has 3 atom stereocenters. The van der Waals surface area contributed by atoms with E-state index in [0.717, 1.165) is 19.3 Å². The average molecular weight is 139 g/mol. The minimum atomic E-state index is 0.388. The molecule has 0 aromatic carbocycles. The minimum Gasteiger partial charge on any atom is -0.303 e. The van der Waals surface area contributed by atoms with Crippen LogP contribution >= 0.6 is 0 Å². The van der Waals surface area contributed by atoms with Crippen LogP contribution in [0.1, 0.15) is 12.8 Å². The van der Waals surface area contributed by atoms with Crippen molar-refractivity contribution in [3.05, 3.63) is 0 Å². The van der Waals surface area contributed by atoms with Crippen molar-refractivity contribution in [3.63, 3.8) is 0 Å². The predicted molar refractivity (Wildman–Crippen MR) is 38.7 cm³/mol. The minimum absolute atomic E-state index is 0.388. The second-order valence-electron chi connectivity index (χ2n) is 3.44. The highest BCUT2D eigenvalue weighted by Gasteiger charge is 2.33. The van der Waals surface area contributed by atoms with Gasteiger partial charge in [0.2, 0.25) is 0 Å². The second kappa shape index (κ2) is 2.35. The van der Waals surface area contributed by atoms with E-state index < -0.39 is 0 Å². The van der Waals surface area contributed by atoms with Gasteiger partial charge < -0.3 is 9.69 Å². The van der Waals surface area contributed by atoms with Crippen LogP contribution in [0.2, 0.25) is 0 Å². The van der Waals surface area contributed by atoms with Crippen LogP contribution in [0.4, 0.5) is 0 Å². The Hall–Kier alpha value is -0.370. The Kier molecular flexibility index (Phi) is 1.49. The molecule has 2 bridgehead atoms. The van der Waals surface area contributed by atoms with Crippen molar-refractivity contribution in [2.45, 2.75) is 12.8 Å². The van der Waals surface area contributed by atoms with E-state index in [2.05, 4.69) is 4.90 Å². The summed E-state index contributed by atoms with van der Waals surface area (Å²) in [7, 11) is 0. The molecule has 0 aliphatic carbocycles. The van der Waals surface area contributed by atoms with Crippen LogP contribution in [0, 0.1) is 11.8 Å². The van der Waals surface area contributed by atoms with Crippen LogP contribution in [0.3, 0.4) is 0 Å². The molecule has 56 valence electrons. The highest BCUT2D eigenvalue weighted by molar-refractivity contribution is 5.54. The van der Waals surface area contributed by atoms with Gasteiger partial charge in [0, 0.05) is 12.5 Å². The van der Waals surface area contributed by atoms with E-state index in [1.54, 1.807) is 0 Å². The molecule has 0 aromatic rings. The predicted octanol–water partition coefficient (Wildman–Crippen LogP) is 0.527. The van der Waals surface area contributed by atoms with Crippen LogP contribution in [0.15, 0.2) is 0 Å². The first-order chi connectivity index (χ1) is 4.90. The second-order valence-corrected chi connectivity index (χ2v) is 3.44. The number of carbonyl (C=O) groups excluding carboxylic acids is 1. The van der Waals surface area contributed by atoms with Gasteiger partial charge in [0.25, 0.3) is 0 Å². The summed E-state index contributed by atoms with van der Waals surface area (Å²) in [6.45, 7) is 3.57. The highest BCUT2D eigenvalue weighted by Crippen LogP contribution is 2.30. The maximum atomic E-state index is 10.5. The molecular formula is C8H13NO. The molecule has 0 N–H and O–H groups in total. The Balaban J connectivity index is 2.06. The molecule has 2 rings (SSSR count). The summed E-state index contributed by atoms with van der Waals surface area (Å²) in [5, 5.41) is 0. The molecule has 3 unspecified atom stereocenters. The van der Waals surface area contributed by atoms with E-state index in [4.69, 9.17) is 0 Å². The molecular weight excluding hydrogens is 126 g/mol. The highest BCUT2D eigenvalue weighted by atomic mass is 16.1. The zero-order valence-corrected chi connectivity index (χ0v) is 6.12. The Morgan fingerprint density at radius 2 is 2.10 bits per heavy atom. The number of carbonyl (C=O) groups is 1. The van der Waals surface area contributed by atoms with Gasteiger partial charge in [-0.2, -0.15) is 0 Å². The molecule has 0 aromatic heterocycles. The van der Waals surface area contributed by atoms with Gasteiger partial charge in [-0.1, -0.05) is 0 Å². The molecule has 2 aliphatic heterocycles. The molecule has 2 fully saturated rings. The summed E-state index contributed by atoms with van der Waals surface area (Å²) in [4.78, 5) is 13.0. The number of rotatable bonds is 1. The van der Waals surface area contributed by atoms with E-state index >= 15 is 0 Å². The third-order valence-corrected chi connectivity index (χ3v) is 2.87. The van der Waals surface area contributed by atoms with Crippen LogP contribution < -0.4 is 0 Å². The number of aldehydes is 1. The average Bonchev–Trinajstić information content (AvgIpc) is 2.34. The third-order valence-electron chi connectivity index (χ3n) is 2.87. The number of hydrogen-bond acceptors (Lipinski definition) is 2. The summed E-state index contributed by atoms with van der Waals surface area (Å²) >= 11 is 0. The van der Waals surface area contributed by atoms with E-state index in [1.165, 1.54) is 19.5 Å². The molecule has 0 saturated carbocycles. The Morgan fingerprint density at radius 3 is 2.90 bits per heavy atom. The molecule has 2 heteroatoms. The lowest BCUT2D eigenvalue weighted by molar-refractivity contribution is -0.113. The Morgan fingerprint density at radius 1 is 1.30 bits per heavy atom. The van der Waals surface area contributed by atoms with Crippen molar-refractivity contribution in [2.24, 2.45) is 11.8 Å². The van der Waals surface area contributed by atoms with E-state index in [-0.39, 0.29) is 0 Å². The largest absolute Gasteiger partial charge is 0.303 e. The Bertz CT molecular complexity index is 146. The number of piperidine rings is 1. The van der Waals surface area contributed by atoms with Gasteiger partial charge in [-0.05, 0) is 31.8 Å². The lowest BCUT2D eigenvalue weighted by atomic mass is 9.88. The smallest absolute Gasteiger partial charge is 0.123 e. The molecule has 2 saturated heterocycles. The quantitative estimate of drug-likeness (QED) is 0.494. The maximum absolute atomic E-state index is 10.5. The van der Waals surface area contributed by atoms with Crippen molar-refractivity contribution in [3.8, 4) is 0 Å². The van der Waals surface area contributed by atoms with Crippen LogP contribution in [-0.4, -0.2) is 30.8 Å². The van der Waals surface area contributed by atoms with Crippen LogP contribution in [0.25, 0.3) is 0 Å². The normalized spacial score (nSPS) is 45.4. The van der Waals surface area contributed by atoms with Gasteiger partial charge in [-0.25, -0.2) is 0 Å². The molecule has 0 amide bonds. The fraction of sp³-hybridized carbons (Fsp3) is 0.875. The molecule has 0 spiro atoms. The Labute approximate surface area is 61.2 Å². The molecule has 0 radical (unpaired) electrons. The third kappa shape index (κ3) is 0.870. The van der Waals surface area contributed by atoms with E-state index in [9.17, 15) is 4.79 Å². The maximum Gasteiger partial charge on any atom is 0.123 e. The summed E-state index contributed by atoms with van der Waals surface area (Å²) in [5.74, 6) is 1.09. The van der Waals surface area contributed by atoms with Crippen molar-refractivity contribution >= 4 is 6.29 Å². The zero-order chi connectivity index (χ0) is 6.97. The summed E-state index contributed by atoms with van der Waals surface area (Å²) < 4.78 is 0. The lowest BCUT2D eigenvalue weighted by Gasteiger charge is -2.26. The SMILES string of the molecule is O=CC1CCN2CCC1C2. The first-order valence-corrected chi connectivity index (χ1v) is 4.08. The fourth-order valence-electron chi connectivity index (χ4n) is 2.16. The van der Waals surface area contributed by atoms with Crippen LogP contribution in [-0.2, 0) is 4.79 Å². The van der Waals surface area contributed by atoms with Gasteiger partial charge in [-0.3, -0.25) is 0 Å². The van der Waals surface area contributed by atoms with Gasteiger partial charge in [0.15, 0.2) is 0 Å². The summed E-state index contributed by atoms with van der Waals surface area (Å²) in [6, 6.07) is 0. The summed E-state index contributed by atoms with van der Waals surface area (Å²) in [5.41, 5.74) is 0. The van der Waals surface area contributed by atoms with Gasteiger partial charge in [-0.15, -0.1) is 0 Å². The van der Waals surface area contributed by atoms with Crippen molar-refractivity contribution in [1.82, 2.24) is 4.90 Å². The van der Waals surface area contributed by atoms with Gasteiger partial charge >= 0.3 is 0 Å². The van der Waals surface area contributed by atoms with Crippen molar-refractivity contribution < 1.29 is 4.79 Å². The van der Waals surface area contributed by atoms with Crippen molar-refractivity contribution in [1.29, 1.82) is 0 Å². The first kappa shape index (κ1) is 6.35. The van der Waals surface area contributed by atoms with E-state index in [1.807, 2.05) is 0 Å². The fourth-order valence-corrected chi connectivity index (χ4v) is 2.16. The van der Waals surface area contributed by atoms with Gasteiger partial charge in [0.1, 0.15) is 6.29 Å². The van der Waals surface area contributed by atoms with Crippen molar-refractivity contribution in [2.75, 3.05) is 19.6 Å². The zero-order valence-electron chi connectivity index (χ0n) is 6.12.